The van der Waals surface area contributed by atoms with Crippen molar-refractivity contribution in [2.24, 2.45) is 0 Å². The summed E-state index contributed by atoms with van der Waals surface area (Å²) in [4.78, 5) is 13.2. The monoisotopic (exact) mass is 573 g/mol. The molecule has 4 aromatic rings. The zero-order valence-electron chi connectivity index (χ0n) is 23.9. The minimum atomic E-state index is -0.820. The molecule has 0 spiro atoms. The van der Waals surface area contributed by atoms with E-state index in [1.165, 1.54) is 6.07 Å². The summed E-state index contributed by atoms with van der Waals surface area (Å²) in [6, 6.07) is 9.43. The van der Waals surface area contributed by atoms with Gasteiger partial charge >= 0.3 is 0 Å². The van der Waals surface area contributed by atoms with Crippen molar-refractivity contribution in [2.45, 2.75) is 69.2 Å². The molecule has 42 heavy (non-hydrogen) atoms. The minimum absolute atomic E-state index is 0.132. The molecule has 0 amide bonds. The van der Waals surface area contributed by atoms with Gasteiger partial charge in [-0.1, -0.05) is 13.0 Å². The van der Waals surface area contributed by atoms with Crippen molar-refractivity contribution in [1.29, 1.82) is 0 Å². The van der Waals surface area contributed by atoms with Gasteiger partial charge in [0.1, 0.15) is 24.3 Å². The highest BCUT2D eigenvalue weighted by Crippen LogP contribution is 2.44. The molecular formula is C33H37F2N5O2. The van der Waals surface area contributed by atoms with Crippen LogP contribution in [0.15, 0.2) is 36.5 Å². The number of phenolic OH excluding ortho intramolecular Hbond substituents is 1. The van der Waals surface area contributed by atoms with Gasteiger partial charge in [-0.3, -0.25) is 4.90 Å². The zero-order chi connectivity index (χ0) is 28.6. The Bertz CT molecular complexity index is 1680. The van der Waals surface area contributed by atoms with E-state index >= 15 is 4.39 Å². The van der Waals surface area contributed by atoms with Crippen molar-refractivity contribution >= 4 is 27.5 Å². The quantitative estimate of drug-likeness (QED) is 0.275. The largest absolute Gasteiger partial charge is 0.508 e. The second-order valence-corrected chi connectivity index (χ2v) is 12.8. The summed E-state index contributed by atoms with van der Waals surface area (Å²) in [7, 11) is 0. The summed E-state index contributed by atoms with van der Waals surface area (Å²) in [6.45, 7) is 5.46. The third kappa shape index (κ3) is 4.15. The number of anilines is 1. The average molecular weight is 574 g/mol. The normalized spacial score (nSPS) is 27.4. The van der Waals surface area contributed by atoms with E-state index in [-0.39, 0.29) is 17.1 Å². The predicted octanol–water partition coefficient (Wildman–Crippen LogP) is 5.69. The first-order valence-electron chi connectivity index (χ1n) is 15.4. The average Bonchev–Trinajstić information content (AvgIpc) is 3.73. The van der Waals surface area contributed by atoms with E-state index in [1.807, 2.05) is 19.2 Å². The molecule has 0 radical (unpaired) electrons. The van der Waals surface area contributed by atoms with Crippen molar-refractivity contribution in [3.05, 3.63) is 47.9 Å². The van der Waals surface area contributed by atoms with E-state index in [0.717, 1.165) is 83.9 Å². The van der Waals surface area contributed by atoms with Crippen LogP contribution >= 0.6 is 0 Å². The summed E-state index contributed by atoms with van der Waals surface area (Å²) in [5.74, 6) is 1.24. The lowest BCUT2D eigenvalue weighted by Crippen LogP contribution is -2.51. The molecule has 2 aromatic carbocycles. The van der Waals surface area contributed by atoms with Gasteiger partial charge in [0.2, 0.25) is 5.88 Å². The highest BCUT2D eigenvalue weighted by molar-refractivity contribution is 6.09. The number of aromatic hydroxyl groups is 1. The van der Waals surface area contributed by atoms with Crippen LogP contribution in [0.4, 0.5) is 14.6 Å². The van der Waals surface area contributed by atoms with Gasteiger partial charge in [-0.05, 0) is 78.7 Å². The maximum Gasteiger partial charge on any atom is 0.216 e. The lowest BCUT2D eigenvalue weighted by atomic mass is 9.92. The first kappa shape index (κ1) is 26.2. The summed E-state index contributed by atoms with van der Waals surface area (Å²) in [6.07, 6.45) is 6.44. The number of halogens is 2. The first-order chi connectivity index (χ1) is 20.4. The Morgan fingerprint density at radius 2 is 1.95 bits per heavy atom. The standard InChI is InChI=1S/C33H37F2N5O2/c1-2-24-28(35)7-4-19-10-23(41)11-25(30(19)24)27-14-36-31-26(27)12-29(38-32(31)39-16-21-5-6-22(17-39)37-21)42-18-33-8-3-9-40(33)15-20(34)13-33/h4,7,10-12,14,20-22,36-37,41H,2-3,5-6,8-9,13,15-18H2,1H3/t20?,21?,22?,33-/m0/s1. The number of pyridine rings is 1. The van der Waals surface area contributed by atoms with Gasteiger partial charge in [0.25, 0.3) is 0 Å². The molecule has 8 rings (SSSR count). The fourth-order valence-electron chi connectivity index (χ4n) is 8.30. The second-order valence-electron chi connectivity index (χ2n) is 12.8. The fourth-order valence-corrected chi connectivity index (χ4v) is 8.30. The molecule has 4 aliphatic heterocycles. The van der Waals surface area contributed by atoms with Crippen molar-refractivity contribution in [3.8, 4) is 22.8 Å². The van der Waals surface area contributed by atoms with Crippen LogP contribution in [-0.4, -0.2) is 76.6 Å². The van der Waals surface area contributed by atoms with Crippen LogP contribution in [0.25, 0.3) is 32.8 Å². The lowest BCUT2D eigenvalue weighted by molar-refractivity contribution is 0.111. The molecule has 2 aromatic heterocycles. The van der Waals surface area contributed by atoms with E-state index in [2.05, 4.69) is 20.1 Å². The second kappa shape index (κ2) is 9.81. The Labute approximate surface area is 243 Å². The molecule has 9 heteroatoms. The van der Waals surface area contributed by atoms with E-state index in [1.54, 1.807) is 18.2 Å². The van der Waals surface area contributed by atoms with E-state index < -0.39 is 6.17 Å². The number of H-pyrrole nitrogens is 1. The highest BCUT2D eigenvalue weighted by Gasteiger charge is 2.49. The number of aromatic amines is 1. The zero-order valence-corrected chi connectivity index (χ0v) is 23.9. The van der Waals surface area contributed by atoms with Gasteiger partial charge < -0.3 is 25.0 Å². The SMILES string of the molecule is CCc1c(F)ccc2cc(O)cc(-c3c[nH]c4c(N5CC6CCC(C5)N6)nc(OC[C@@]56CCCN5CC(F)C6)cc34)c12. The number of aromatic nitrogens is 2. The Morgan fingerprint density at radius 3 is 2.76 bits per heavy atom. The molecule has 6 heterocycles. The van der Waals surface area contributed by atoms with Crippen molar-refractivity contribution in [3.63, 3.8) is 0 Å². The third-order valence-corrected chi connectivity index (χ3v) is 10.2. The molecule has 4 fully saturated rings. The van der Waals surface area contributed by atoms with Crippen molar-refractivity contribution < 1.29 is 18.6 Å². The van der Waals surface area contributed by atoms with E-state index in [9.17, 15) is 9.50 Å². The lowest BCUT2D eigenvalue weighted by Gasteiger charge is -2.34. The molecule has 0 saturated carbocycles. The number of nitrogens with one attached hydrogen (secondary N) is 2. The number of hydrogen-bond donors (Lipinski definition) is 3. The minimum Gasteiger partial charge on any atom is -0.508 e. The summed E-state index contributed by atoms with van der Waals surface area (Å²) >= 11 is 0. The molecule has 2 bridgehead atoms. The molecule has 3 N–H and O–H groups in total. The van der Waals surface area contributed by atoms with Crippen molar-refractivity contribution in [1.82, 2.24) is 20.2 Å². The van der Waals surface area contributed by atoms with Crippen LogP contribution in [-0.2, 0) is 6.42 Å². The molecule has 4 aliphatic rings. The molecule has 4 atom stereocenters. The van der Waals surface area contributed by atoms with Gasteiger partial charge in [0.15, 0.2) is 5.82 Å². The number of nitrogens with zero attached hydrogens (tertiary/aromatic N) is 3. The van der Waals surface area contributed by atoms with Crippen LogP contribution < -0.4 is 15.0 Å². The van der Waals surface area contributed by atoms with E-state index in [4.69, 9.17) is 9.72 Å². The number of hydrogen-bond acceptors (Lipinski definition) is 6. The number of fused-ring (bicyclic) bond motifs is 5. The number of aryl methyl sites for hydroxylation is 1. The van der Waals surface area contributed by atoms with Gasteiger partial charge in [0, 0.05) is 61.4 Å². The predicted molar refractivity (Wildman–Crippen MR) is 161 cm³/mol. The number of ether oxygens (including phenoxy) is 1. The molecule has 220 valence electrons. The fraction of sp³-hybridized carbons (Fsp3) is 0.485. The smallest absolute Gasteiger partial charge is 0.216 e. The number of rotatable bonds is 6. The van der Waals surface area contributed by atoms with Crippen LogP contribution in [0.5, 0.6) is 11.6 Å². The first-order valence-corrected chi connectivity index (χ1v) is 15.4. The van der Waals surface area contributed by atoms with Gasteiger partial charge in [0.05, 0.1) is 11.1 Å². The Morgan fingerprint density at radius 1 is 1.12 bits per heavy atom. The highest BCUT2D eigenvalue weighted by atomic mass is 19.1. The Kier molecular flexibility index (Phi) is 6.12. The van der Waals surface area contributed by atoms with Crippen LogP contribution in [0.2, 0.25) is 0 Å². The number of benzene rings is 2. The van der Waals surface area contributed by atoms with Gasteiger partial charge in [-0.25, -0.2) is 8.78 Å². The number of alkyl halides is 1. The molecule has 7 nitrogen and oxygen atoms in total. The van der Waals surface area contributed by atoms with Crippen LogP contribution in [0.3, 0.4) is 0 Å². The maximum absolute atomic E-state index is 15.0. The third-order valence-electron chi connectivity index (χ3n) is 10.2. The molecule has 0 aliphatic carbocycles. The summed E-state index contributed by atoms with van der Waals surface area (Å²) < 4.78 is 36.0. The van der Waals surface area contributed by atoms with Crippen LogP contribution in [0.1, 0.15) is 44.6 Å². The Hall–Kier alpha value is -3.43. The summed E-state index contributed by atoms with van der Waals surface area (Å²) in [5, 5.41) is 16.9. The van der Waals surface area contributed by atoms with Gasteiger partial charge in [-0.2, -0.15) is 4.98 Å². The Balaban J connectivity index is 1.27. The van der Waals surface area contributed by atoms with Crippen molar-refractivity contribution in [2.75, 3.05) is 37.7 Å². The topological polar surface area (TPSA) is 76.7 Å². The van der Waals surface area contributed by atoms with Gasteiger partial charge in [-0.15, -0.1) is 0 Å². The number of phenols is 1. The van der Waals surface area contributed by atoms with Crippen LogP contribution in [0, 0.1) is 5.82 Å². The molecule has 3 unspecified atom stereocenters. The maximum atomic E-state index is 15.0. The summed E-state index contributed by atoms with van der Waals surface area (Å²) in [5.41, 5.74) is 2.88. The molecular weight excluding hydrogens is 536 g/mol. The van der Waals surface area contributed by atoms with E-state index in [0.29, 0.717) is 49.5 Å². The number of piperazine rings is 1. The molecule has 4 saturated heterocycles.